The largest absolute Gasteiger partial charge is 0.467 e. The highest BCUT2D eigenvalue weighted by Gasteiger charge is 2.50. The Balaban J connectivity index is 2.09. The first-order chi connectivity index (χ1) is 11.8. The Morgan fingerprint density at radius 1 is 1.16 bits per heavy atom. The highest BCUT2D eigenvalue weighted by atomic mass is 16.5. The lowest BCUT2D eigenvalue weighted by atomic mass is 9.81. The van der Waals surface area contributed by atoms with Gasteiger partial charge in [-0.25, -0.2) is 9.59 Å². The van der Waals surface area contributed by atoms with Gasteiger partial charge in [-0.2, -0.15) is 0 Å². The van der Waals surface area contributed by atoms with Crippen LogP contribution in [0.1, 0.15) is 58.8 Å². The van der Waals surface area contributed by atoms with E-state index in [4.69, 9.17) is 4.74 Å². The molecule has 0 aromatic rings. The van der Waals surface area contributed by atoms with Gasteiger partial charge >= 0.3 is 12.0 Å². The number of nitrogens with zero attached hydrogens (tertiary/aromatic N) is 1. The van der Waals surface area contributed by atoms with E-state index in [0.717, 1.165) is 24.2 Å². The minimum absolute atomic E-state index is 0.395. The van der Waals surface area contributed by atoms with Crippen molar-refractivity contribution >= 4 is 23.8 Å². The van der Waals surface area contributed by atoms with Gasteiger partial charge in [-0.3, -0.25) is 14.5 Å². The van der Waals surface area contributed by atoms with Gasteiger partial charge in [0.2, 0.25) is 5.91 Å². The van der Waals surface area contributed by atoms with Crippen LogP contribution >= 0.6 is 0 Å². The van der Waals surface area contributed by atoms with E-state index in [-0.39, 0.29) is 0 Å². The second kappa shape index (κ2) is 7.41. The molecule has 1 saturated heterocycles. The summed E-state index contributed by atoms with van der Waals surface area (Å²) in [5.41, 5.74) is -2.00. The van der Waals surface area contributed by atoms with Crippen LogP contribution in [0.5, 0.6) is 0 Å². The number of carbonyl (C=O) groups is 4. The van der Waals surface area contributed by atoms with Gasteiger partial charge in [0, 0.05) is 0 Å². The molecule has 0 atom stereocenters. The van der Waals surface area contributed by atoms with E-state index in [1.165, 1.54) is 7.11 Å². The number of rotatable bonds is 6. The second-order valence-electron chi connectivity index (χ2n) is 6.79. The molecule has 0 aromatic heterocycles. The Morgan fingerprint density at radius 2 is 1.76 bits per heavy atom. The average molecular weight is 353 g/mol. The fourth-order valence-corrected chi connectivity index (χ4v) is 3.73. The summed E-state index contributed by atoms with van der Waals surface area (Å²) >= 11 is 0. The van der Waals surface area contributed by atoms with E-state index in [0.29, 0.717) is 25.7 Å². The molecule has 140 valence electrons. The van der Waals surface area contributed by atoms with Crippen LogP contribution in [-0.4, -0.2) is 53.4 Å². The van der Waals surface area contributed by atoms with Gasteiger partial charge in [-0.1, -0.05) is 33.1 Å². The quantitative estimate of drug-likeness (QED) is 0.549. The summed E-state index contributed by atoms with van der Waals surface area (Å²) in [6.45, 7) is 3.24. The lowest BCUT2D eigenvalue weighted by Crippen LogP contribution is -2.58. The van der Waals surface area contributed by atoms with Crippen LogP contribution in [0, 0.1) is 0 Å². The number of esters is 1. The molecule has 1 aliphatic carbocycles. The molecule has 8 heteroatoms. The summed E-state index contributed by atoms with van der Waals surface area (Å²) < 4.78 is 4.86. The first kappa shape index (κ1) is 19.2. The minimum atomic E-state index is -1.06. The van der Waals surface area contributed by atoms with E-state index >= 15 is 0 Å². The normalized spacial score (nSPS) is 21.6. The highest BCUT2D eigenvalue weighted by Crippen LogP contribution is 2.30. The van der Waals surface area contributed by atoms with Crippen molar-refractivity contribution in [2.45, 2.75) is 69.9 Å². The van der Waals surface area contributed by atoms with Gasteiger partial charge < -0.3 is 15.4 Å². The first-order valence-corrected chi connectivity index (χ1v) is 8.87. The lowest BCUT2D eigenvalue weighted by Gasteiger charge is -2.35. The third-order valence-electron chi connectivity index (χ3n) is 5.42. The fraction of sp³-hybridized carbons (Fsp3) is 0.765. The Morgan fingerprint density at radius 3 is 2.24 bits per heavy atom. The van der Waals surface area contributed by atoms with E-state index in [1.807, 2.05) is 13.8 Å². The Bertz CT molecular complexity index is 565. The standard InChI is InChI=1S/C17H27N3O5/c1-4-16(5-2)13(22)20(15(24)19-16)11-12(21)18-17(14(23)25-3)9-7-6-8-10-17/h4-11H2,1-3H3,(H,18,21)(H,19,24). The summed E-state index contributed by atoms with van der Waals surface area (Å²) in [6.07, 6.45) is 4.53. The monoisotopic (exact) mass is 353 g/mol. The summed E-state index contributed by atoms with van der Waals surface area (Å²) in [6, 6.07) is -0.570. The summed E-state index contributed by atoms with van der Waals surface area (Å²) in [5.74, 6) is -1.40. The number of hydrogen-bond acceptors (Lipinski definition) is 5. The van der Waals surface area contributed by atoms with Crippen LogP contribution in [0.25, 0.3) is 0 Å². The third kappa shape index (κ3) is 3.48. The molecular formula is C17H27N3O5. The maximum absolute atomic E-state index is 12.6. The second-order valence-corrected chi connectivity index (χ2v) is 6.79. The highest BCUT2D eigenvalue weighted by molar-refractivity contribution is 6.09. The summed E-state index contributed by atoms with van der Waals surface area (Å²) in [5, 5.41) is 5.41. The molecule has 0 bridgehead atoms. The Hall–Kier alpha value is -2.12. The molecular weight excluding hydrogens is 326 g/mol. The number of hydrogen-bond donors (Lipinski definition) is 2. The molecule has 1 saturated carbocycles. The molecule has 2 N–H and O–H groups in total. The van der Waals surface area contributed by atoms with E-state index in [1.54, 1.807) is 0 Å². The lowest BCUT2D eigenvalue weighted by molar-refractivity contribution is -0.152. The molecule has 4 amide bonds. The number of carbonyl (C=O) groups excluding carboxylic acids is 4. The van der Waals surface area contributed by atoms with Gasteiger partial charge in [0.05, 0.1) is 7.11 Å². The van der Waals surface area contributed by atoms with Crippen LogP contribution in [0.2, 0.25) is 0 Å². The van der Waals surface area contributed by atoms with Gasteiger partial charge in [-0.05, 0) is 25.7 Å². The summed E-state index contributed by atoms with van der Waals surface area (Å²) in [7, 11) is 1.29. The first-order valence-electron chi connectivity index (χ1n) is 8.87. The van der Waals surface area contributed by atoms with Crippen molar-refractivity contribution in [1.82, 2.24) is 15.5 Å². The zero-order valence-corrected chi connectivity index (χ0v) is 15.1. The smallest absolute Gasteiger partial charge is 0.331 e. The zero-order chi connectivity index (χ0) is 18.7. The number of ether oxygens (including phenoxy) is 1. The van der Waals surface area contributed by atoms with Crippen molar-refractivity contribution in [2.75, 3.05) is 13.7 Å². The van der Waals surface area contributed by atoms with Crippen LogP contribution in [0.15, 0.2) is 0 Å². The average Bonchev–Trinajstić information content (AvgIpc) is 2.86. The number of methoxy groups -OCH3 is 1. The van der Waals surface area contributed by atoms with Crippen molar-refractivity contribution in [3.8, 4) is 0 Å². The third-order valence-corrected chi connectivity index (χ3v) is 5.42. The molecule has 1 heterocycles. The maximum atomic E-state index is 12.6. The van der Waals surface area contributed by atoms with Gasteiger partial charge in [0.15, 0.2) is 0 Å². The van der Waals surface area contributed by atoms with Crippen LogP contribution < -0.4 is 10.6 Å². The van der Waals surface area contributed by atoms with E-state index in [2.05, 4.69) is 10.6 Å². The van der Waals surface area contributed by atoms with Crippen LogP contribution in [-0.2, 0) is 19.1 Å². The molecule has 2 fully saturated rings. The van der Waals surface area contributed by atoms with Crippen molar-refractivity contribution < 1.29 is 23.9 Å². The number of amides is 4. The number of nitrogens with one attached hydrogen (secondary N) is 2. The van der Waals surface area contributed by atoms with Crippen LogP contribution in [0.4, 0.5) is 4.79 Å². The fourth-order valence-electron chi connectivity index (χ4n) is 3.73. The molecule has 0 radical (unpaired) electrons. The van der Waals surface area contributed by atoms with Crippen molar-refractivity contribution in [3.05, 3.63) is 0 Å². The van der Waals surface area contributed by atoms with E-state index < -0.39 is 41.4 Å². The Labute approximate surface area is 147 Å². The van der Waals surface area contributed by atoms with Gasteiger partial charge in [0.1, 0.15) is 17.6 Å². The molecule has 0 spiro atoms. The molecule has 2 aliphatic rings. The van der Waals surface area contributed by atoms with E-state index in [9.17, 15) is 19.2 Å². The van der Waals surface area contributed by atoms with Crippen molar-refractivity contribution in [1.29, 1.82) is 0 Å². The molecule has 2 rings (SSSR count). The molecule has 0 unspecified atom stereocenters. The molecule has 8 nitrogen and oxygen atoms in total. The predicted molar refractivity (Wildman–Crippen MR) is 89.5 cm³/mol. The number of imide groups is 1. The molecule has 0 aromatic carbocycles. The molecule has 1 aliphatic heterocycles. The maximum Gasteiger partial charge on any atom is 0.331 e. The molecule has 25 heavy (non-hydrogen) atoms. The van der Waals surface area contributed by atoms with Crippen LogP contribution in [0.3, 0.4) is 0 Å². The predicted octanol–water partition coefficient (Wildman–Crippen LogP) is 1.09. The topological polar surface area (TPSA) is 105 Å². The van der Waals surface area contributed by atoms with Gasteiger partial charge in [0.25, 0.3) is 5.91 Å². The minimum Gasteiger partial charge on any atom is -0.467 e. The van der Waals surface area contributed by atoms with Crippen molar-refractivity contribution in [2.24, 2.45) is 0 Å². The van der Waals surface area contributed by atoms with Gasteiger partial charge in [-0.15, -0.1) is 0 Å². The number of urea groups is 1. The summed E-state index contributed by atoms with van der Waals surface area (Å²) in [4.78, 5) is 50.3. The SMILES string of the molecule is CCC1(CC)NC(=O)N(CC(=O)NC2(C(=O)OC)CCCCC2)C1=O. The Kier molecular flexibility index (Phi) is 5.69. The zero-order valence-electron chi connectivity index (χ0n) is 15.1. The van der Waals surface area contributed by atoms with Crippen molar-refractivity contribution in [3.63, 3.8) is 0 Å².